The fourth-order valence-corrected chi connectivity index (χ4v) is 16.6. The molecule has 4 saturated heterocycles. The molecule has 4 fully saturated rings. The lowest BCUT2D eigenvalue weighted by Gasteiger charge is -2.55. The van der Waals surface area contributed by atoms with Gasteiger partial charge >= 0.3 is 11.9 Å². The summed E-state index contributed by atoms with van der Waals surface area (Å²) in [5.41, 5.74) is 4.90. The molecule has 2 N–H and O–H groups in total. The topological polar surface area (TPSA) is 157 Å². The number of carbonyl (C=O) groups is 2. The van der Waals surface area contributed by atoms with Crippen LogP contribution in [0.15, 0.2) is 24.3 Å². The third kappa shape index (κ3) is 21.0. The van der Waals surface area contributed by atoms with Crippen LogP contribution in [0, 0.1) is 18.8 Å². The van der Waals surface area contributed by atoms with Crippen molar-refractivity contribution in [2.75, 3.05) is 69.9 Å². The number of aromatic hydroxyl groups is 2. The highest BCUT2D eigenvalue weighted by Gasteiger charge is 2.48. The number of esters is 2. The van der Waals surface area contributed by atoms with Gasteiger partial charge in [0.1, 0.15) is 30.0 Å². The van der Waals surface area contributed by atoms with E-state index in [0.29, 0.717) is 49.8 Å². The number of morpholine rings is 1. The number of phenolic OH excluding ortho intramolecular Hbond substituents is 2. The fourth-order valence-electron chi connectivity index (χ4n) is 16.6. The van der Waals surface area contributed by atoms with Gasteiger partial charge in [0.25, 0.3) is 0 Å². The number of phenols is 2. The fraction of sp³-hybridized carbons (Fsp3) is 0.790. The van der Waals surface area contributed by atoms with Crippen molar-refractivity contribution in [1.82, 2.24) is 29.7 Å². The predicted molar refractivity (Wildman–Crippen MR) is 397 cm³/mol. The molecule has 15 heteroatoms. The number of piperidine rings is 3. The standard InChI is InChI=1S/C45H71NO6.C36H67N7O/c1-40(2,3)32-23-29(24-33(38(32)49)41(4,5)6)17-19-36(47)51-22-21-46-44(13,14)27-31(28-45(46,15)16)52-37(48)20-18-30-25-34(42(7,8)9)39(50)35(26-30)43(10,11)12;1-27(29-23-33(3,4)40(11)34(5,6)24-29)17-15-13-14-16-18-43(30-25-35(7,8)41(12)36(9,10)26-30)32-38-28(2)37-31(39-32)42-19-21-44-22-20-42/h23-26,31,49-50H,17-22,27-28H2,1-16H3;27,29-30H,13-26H2,1-12H3. The molecule has 7 rings (SSSR count). The lowest BCUT2D eigenvalue weighted by atomic mass is 9.69. The normalized spacial score (nSPS) is 20.9. The highest BCUT2D eigenvalue weighted by molar-refractivity contribution is 5.70. The summed E-state index contributed by atoms with van der Waals surface area (Å²) in [4.78, 5) is 53.4. The maximum atomic E-state index is 13.2. The quantitative estimate of drug-likeness (QED) is 0.0766. The monoisotopic (exact) mass is 1340 g/mol. The Morgan fingerprint density at radius 3 is 1.44 bits per heavy atom. The van der Waals surface area contributed by atoms with E-state index < -0.39 is 0 Å². The molecule has 5 heterocycles. The molecule has 0 saturated carbocycles. The molecule has 96 heavy (non-hydrogen) atoms. The third-order valence-corrected chi connectivity index (χ3v) is 22.6. The van der Waals surface area contributed by atoms with E-state index in [-0.39, 0.29) is 92.4 Å². The molecule has 1 unspecified atom stereocenters. The number of hydrogen-bond donors (Lipinski definition) is 2. The van der Waals surface area contributed by atoms with E-state index in [1.807, 2.05) is 31.2 Å². The van der Waals surface area contributed by atoms with Gasteiger partial charge < -0.3 is 34.2 Å². The average Bonchev–Trinajstić information content (AvgIpc) is 0.794. The Morgan fingerprint density at radius 2 is 1.00 bits per heavy atom. The second-order valence-electron chi connectivity index (χ2n) is 37.6. The number of anilines is 2. The Bertz CT molecular complexity index is 2950. The molecule has 0 bridgehead atoms. The number of hydrogen-bond acceptors (Lipinski definition) is 15. The number of nitrogens with zero attached hydrogens (tertiary/aromatic N) is 8. The molecule has 2 aromatic carbocycles. The van der Waals surface area contributed by atoms with Gasteiger partial charge in [-0.05, 0) is 216 Å². The summed E-state index contributed by atoms with van der Waals surface area (Å²) in [6.07, 6.45) is 14.0. The highest BCUT2D eigenvalue weighted by Crippen LogP contribution is 2.47. The van der Waals surface area contributed by atoms with Crippen LogP contribution in [0.2, 0.25) is 0 Å². The first-order valence-electron chi connectivity index (χ1n) is 37.0. The molecular weight excluding hydrogens is 1200 g/mol. The van der Waals surface area contributed by atoms with E-state index in [4.69, 9.17) is 29.2 Å². The number of benzene rings is 2. The smallest absolute Gasteiger partial charge is 0.306 e. The van der Waals surface area contributed by atoms with Crippen LogP contribution in [0.5, 0.6) is 11.5 Å². The first kappa shape index (κ1) is 80.4. The van der Waals surface area contributed by atoms with Crippen molar-refractivity contribution in [3.05, 3.63) is 63.5 Å². The van der Waals surface area contributed by atoms with Crippen molar-refractivity contribution in [2.24, 2.45) is 11.8 Å². The molecule has 15 nitrogen and oxygen atoms in total. The first-order chi connectivity index (χ1) is 43.9. The minimum Gasteiger partial charge on any atom is -0.507 e. The maximum Gasteiger partial charge on any atom is 0.306 e. The van der Waals surface area contributed by atoms with Gasteiger partial charge in [0, 0.05) is 91.1 Å². The van der Waals surface area contributed by atoms with Crippen molar-refractivity contribution in [3.63, 3.8) is 0 Å². The molecule has 0 amide bonds. The summed E-state index contributed by atoms with van der Waals surface area (Å²) < 4.78 is 17.5. The molecular formula is C81H138N8O7. The molecule has 0 aliphatic carbocycles. The summed E-state index contributed by atoms with van der Waals surface area (Å²) in [6, 6.07) is 8.52. The SMILES string of the molecule is CC(C)(C)c1cc(CCC(=O)OCCN2C(C)(C)CC(OC(=O)CCc3cc(C(C)(C)C)c(O)c(C(C)(C)C)c3)CC2(C)C)cc(C(C)(C)C)c1O.Cc1nc(N2CCOCC2)nc(N(CCCCCCC(C)C2CC(C)(C)N(C)C(C)(C)C2)C2CC(C)(C)N(C)C(C)(C)C2)n1. The van der Waals surface area contributed by atoms with Crippen molar-refractivity contribution in [3.8, 4) is 11.5 Å². The van der Waals surface area contributed by atoms with Gasteiger partial charge in [-0.3, -0.25) is 24.3 Å². The summed E-state index contributed by atoms with van der Waals surface area (Å²) in [6.45, 7) is 62.6. The highest BCUT2D eigenvalue weighted by atomic mass is 16.5. The van der Waals surface area contributed by atoms with Crippen LogP contribution in [0.25, 0.3) is 0 Å². The maximum absolute atomic E-state index is 13.2. The molecule has 0 radical (unpaired) electrons. The van der Waals surface area contributed by atoms with Crippen molar-refractivity contribution in [1.29, 1.82) is 0 Å². The van der Waals surface area contributed by atoms with Gasteiger partial charge in [-0.25, -0.2) is 0 Å². The van der Waals surface area contributed by atoms with Crippen molar-refractivity contribution < 1.29 is 34.0 Å². The van der Waals surface area contributed by atoms with Crippen LogP contribution in [-0.4, -0.2) is 157 Å². The van der Waals surface area contributed by atoms with E-state index >= 15 is 0 Å². The largest absolute Gasteiger partial charge is 0.507 e. The van der Waals surface area contributed by atoms with Gasteiger partial charge in [0.05, 0.1) is 13.2 Å². The Morgan fingerprint density at radius 1 is 0.583 bits per heavy atom. The molecule has 4 aliphatic heterocycles. The molecule has 1 atom stereocenters. The minimum absolute atomic E-state index is 0.104. The van der Waals surface area contributed by atoms with Crippen LogP contribution in [-0.2, 0) is 58.3 Å². The van der Waals surface area contributed by atoms with Crippen LogP contribution in [0.3, 0.4) is 0 Å². The zero-order valence-electron chi connectivity index (χ0n) is 66.2. The van der Waals surface area contributed by atoms with E-state index in [9.17, 15) is 19.8 Å². The Hall–Kier alpha value is -4.57. The lowest BCUT2D eigenvalue weighted by Crippen LogP contribution is -2.63. The van der Waals surface area contributed by atoms with E-state index in [0.717, 1.165) is 109 Å². The second kappa shape index (κ2) is 30.7. The molecule has 1 aromatic heterocycles. The molecule has 0 spiro atoms. The first-order valence-corrected chi connectivity index (χ1v) is 37.0. The van der Waals surface area contributed by atoms with Crippen LogP contribution >= 0.6 is 0 Å². The zero-order valence-corrected chi connectivity index (χ0v) is 66.2. The zero-order chi connectivity index (χ0) is 72.3. The van der Waals surface area contributed by atoms with Gasteiger partial charge in [-0.15, -0.1) is 0 Å². The number of rotatable bonds is 21. The van der Waals surface area contributed by atoms with Crippen LogP contribution in [0.1, 0.15) is 296 Å². The summed E-state index contributed by atoms with van der Waals surface area (Å²) >= 11 is 0. The number of likely N-dealkylation sites (tertiary alicyclic amines) is 3. The van der Waals surface area contributed by atoms with Crippen molar-refractivity contribution >= 4 is 23.8 Å². The predicted octanol–water partition coefficient (Wildman–Crippen LogP) is 16.9. The Kier molecular flexibility index (Phi) is 25.7. The summed E-state index contributed by atoms with van der Waals surface area (Å²) in [5.74, 6) is 4.32. The summed E-state index contributed by atoms with van der Waals surface area (Å²) in [7, 11) is 4.61. The van der Waals surface area contributed by atoms with E-state index in [2.05, 4.69) is 212 Å². The minimum atomic E-state index is -0.280. The number of aromatic nitrogens is 3. The number of unbranched alkanes of at least 4 members (excludes halogenated alkanes) is 3. The second-order valence-corrected chi connectivity index (χ2v) is 37.6. The Balaban J connectivity index is 0.000000307. The van der Waals surface area contributed by atoms with Crippen molar-refractivity contribution in [2.45, 2.75) is 343 Å². The van der Waals surface area contributed by atoms with Crippen LogP contribution in [0.4, 0.5) is 11.9 Å². The third-order valence-electron chi connectivity index (χ3n) is 22.6. The van der Waals surface area contributed by atoms with Gasteiger partial charge in [0.2, 0.25) is 11.9 Å². The van der Waals surface area contributed by atoms with Gasteiger partial charge in [-0.1, -0.05) is 140 Å². The average molecular weight is 1340 g/mol. The molecule has 544 valence electrons. The number of carbonyl (C=O) groups excluding carboxylic acids is 2. The van der Waals surface area contributed by atoms with Crippen LogP contribution < -0.4 is 9.80 Å². The molecule has 4 aliphatic rings. The number of ether oxygens (including phenoxy) is 3. The molecule has 3 aromatic rings. The van der Waals surface area contributed by atoms with E-state index in [1.54, 1.807) is 0 Å². The van der Waals surface area contributed by atoms with E-state index in [1.165, 1.54) is 44.9 Å². The number of aryl methyl sites for hydroxylation is 3. The summed E-state index contributed by atoms with van der Waals surface area (Å²) in [5, 5.41) is 22.1. The lowest BCUT2D eigenvalue weighted by molar-refractivity contribution is -0.163. The Labute approximate surface area is 584 Å². The van der Waals surface area contributed by atoms with Gasteiger partial charge in [0.15, 0.2) is 0 Å². The van der Waals surface area contributed by atoms with Gasteiger partial charge in [-0.2, -0.15) is 15.0 Å².